The van der Waals surface area contributed by atoms with Crippen LogP contribution in [0.2, 0.25) is 0 Å². The van der Waals surface area contributed by atoms with Crippen LogP contribution < -0.4 is 5.73 Å². The van der Waals surface area contributed by atoms with Gasteiger partial charge in [0.2, 0.25) is 0 Å². The second-order valence-electron chi connectivity index (χ2n) is 5.59. The first-order valence-corrected chi connectivity index (χ1v) is 7.13. The van der Waals surface area contributed by atoms with Gasteiger partial charge in [-0.05, 0) is 56.6 Å². The van der Waals surface area contributed by atoms with E-state index in [1.165, 1.54) is 30.4 Å². The average molecular weight is 247 g/mol. The third-order valence-electron chi connectivity index (χ3n) is 3.88. The van der Waals surface area contributed by atoms with Gasteiger partial charge in [0, 0.05) is 12.6 Å². The van der Waals surface area contributed by atoms with Crippen LogP contribution in [-0.2, 0) is 11.2 Å². The summed E-state index contributed by atoms with van der Waals surface area (Å²) in [5.74, 6) is 0.562. The number of fused-ring (bicyclic) bond motifs is 1. The van der Waals surface area contributed by atoms with Gasteiger partial charge in [0.15, 0.2) is 0 Å². The van der Waals surface area contributed by atoms with E-state index in [1.54, 1.807) is 0 Å². The van der Waals surface area contributed by atoms with Crippen molar-refractivity contribution in [2.75, 3.05) is 6.61 Å². The minimum atomic E-state index is 0.180. The highest BCUT2D eigenvalue weighted by molar-refractivity contribution is 5.31. The fourth-order valence-electron chi connectivity index (χ4n) is 2.85. The molecule has 1 aromatic rings. The monoisotopic (exact) mass is 247 g/mol. The number of aryl methyl sites for hydroxylation is 1. The molecule has 0 fully saturated rings. The SMILES string of the molecule is CC(C)OCCC1CCCc2ccccc2C1N. The molecule has 0 heterocycles. The molecule has 2 rings (SSSR count). The van der Waals surface area contributed by atoms with E-state index in [4.69, 9.17) is 10.5 Å². The van der Waals surface area contributed by atoms with Crippen molar-refractivity contribution in [2.45, 2.75) is 51.7 Å². The van der Waals surface area contributed by atoms with E-state index in [0.717, 1.165) is 13.0 Å². The summed E-state index contributed by atoms with van der Waals surface area (Å²) in [5, 5.41) is 0. The van der Waals surface area contributed by atoms with E-state index in [1.807, 2.05) is 0 Å². The van der Waals surface area contributed by atoms with E-state index in [9.17, 15) is 0 Å². The van der Waals surface area contributed by atoms with Gasteiger partial charge in [-0.15, -0.1) is 0 Å². The lowest BCUT2D eigenvalue weighted by molar-refractivity contribution is 0.0651. The van der Waals surface area contributed by atoms with Crippen LogP contribution in [0.1, 0.15) is 50.3 Å². The van der Waals surface area contributed by atoms with E-state index < -0.39 is 0 Å². The van der Waals surface area contributed by atoms with Crippen LogP contribution >= 0.6 is 0 Å². The van der Waals surface area contributed by atoms with Crippen molar-refractivity contribution in [3.05, 3.63) is 35.4 Å². The van der Waals surface area contributed by atoms with Crippen molar-refractivity contribution in [1.82, 2.24) is 0 Å². The molecule has 18 heavy (non-hydrogen) atoms. The van der Waals surface area contributed by atoms with Crippen molar-refractivity contribution in [3.8, 4) is 0 Å². The molecule has 100 valence electrons. The predicted molar refractivity (Wildman–Crippen MR) is 75.5 cm³/mol. The lowest BCUT2D eigenvalue weighted by Gasteiger charge is -2.23. The zero-order valence-corrected chi connectivity index (χ0v) is 11.6. The number of ether oxygens (including phenoxy) is 1. The lowest BCUT2D eigenvalue weighted by Crippen LogP contribution is -2.23. The molecule has 0 bridgehead atoms. The Labute approximate surface area is 111 Å². The number of hydrogen-bond acceptors (Lipinski definition) is 2. The Bertz CT molecular complexity index is 375. The van der Waals surface area contributed by atoms with Gasteiger partial charge in [-0.2, -0.15) is 0 Å². The zero-order chi connectivity index (χ0) is 13.0. The van der Waals surface area contributed by atoms with Gasteiger partial charge in [-0.3, -0.25) is 0 Å². The minimum Gasteiger partial charge on any atom is -0.379 e. The highest BCUT2D eigenvalue weighted by atomic mass is 16.5. The van der Waals surface area contributed by atoms with E-state index >= 15 is 0 Å². The molecule has 2 nitrogen and oxygen atoms in total. The lowest BCUT2D eigenvalue weighted by atomic mass is 9.89. The predicted octanol–water partition coefficient (Wildman–Crippen LogP) is 3.45. The molecule has 2 unspecified atom stereocenters. The molecule has 0 aliphatic heterocycles. The highest BCUT2D eigenvalue weighted by Gasteiger charge is 2.24. The molecule has 1 aliphatic carbocycles. The van der Waals surface area contributed by atoms with Crippen LogP contribution in [0.4, 0.5) is 0 Å². The van der Waals surface area contributed by atoms with Gasteiger partial charge in [-0.25, -0.2) is 0 Å². The maximum Gasteiger partial charge on any atom is 0.0518 e. The molecular formula is C16H25NO. The summed E-state index contributed by atoms with van der Waals surface area (Å²) in [5.41, 5.74) is 9.25. The van der Waals surface area contributed by atoms with Gasteiger partial charge < -0.3 is 10.5 Å². The summed E-state index contributed by atoms with van der Waals surface area (Å²) in [6.07, 6.45) is 5.03. The second kappa shape index (κ2) is 6.35. The van der Waals surface area contributed by atoms with Crippen LogP contribution in [0.5, 0.6) is 0 Å². The van der Waals surface area contributed by atoms with Gasteiger partial charge >= 0.3 is 0 Å². The standard InChI is InChI=1S/C16H25NO/c1-12(2)18-11-10-14-8-5-7-13-6-3-4-9-15(13)16(14)17/h3-4,6,9,12,14,16H,5,7-8,10-11,17H2,1-2H3. The molecule has 1 aromatic carbocycles. The molecule has 0 amide bonds. The van der Waals surface area contributed by atoms with Gasteiger partial charge in [0.25, 0.3) is 0 Å². The molecule has 2 atom stereocenters. The normalized spacial score (nSPS) is 23.8. The quantitative estimate of drug-likeness (QED) is 0.827. The summed E-state index contributed by atoms with van der Waals surface area (Å²) >= 11 is 0. The third kappa shape index (κ3) is 3.33. The summed E-state index contributed by atoms with van der Waals surface area (Å²) in [7, 11) is 0. The van der Waals surface area contributed by atoms with Gasteiger partial charge in [0.05, 0.1) is 6.10 Å². The molecule has 0 saturated carbocycles. The summed E-state index contributed by atoms with van der Waals surface area (Å²) in [6, 6.07) is 8.82. The molecular weight excluding hydrogens is 222 g/mol. The fourth-order valence-corrected chi connectivity index (χ4v) is 2.85. The number of hydrogen-bond donors (Lipinski definition) is 1. The van der Waals surface area contributed by atoms with Crippen molar-refractivity contribution in [1.29, 1.82) is 0 Å². The minimum absolute atomic E-state index is 0.180. The molecule has 0 spiro atoms. The zero-order valence-electron chi connectivity index (χ0n) is 11.6. The fraction of sp³-hybridized carbons (Fsp3) is 0.625. The maximum absolute atomic E-state index is 6.45. The van der Waals surface area contributed by atoms with E-state index in [0.29, 0.717) is 12.0 Å². The van der Waals surface area contributed by atoms with Crippen molar-refractivity contribution >= 4 is 0 Å². The molecule has 0 saturated heterocycles. The Morgan fingerprint density at radius 1 is 1.33 bits per heavy atom. The van der Waals surface area contributed by atoms with Gasteiger partial charge in [0.1, 0.15) is 0 Å². The largest absolute Gasteiger partial charge is 0.379 e. The van der Waals surface area contributed by atoms with E-state index in [2.05, 4.69) is 38.1 Å². The van der Waals surface area contributed by atoms with Crippen LogP contribution in [0.15, 0.2) is 24.3 Å². The number of nitrogens with two attached hydrogens (primary N) is 1. The smallest absolute Gasteiger partial charge is 0.0518 e. The maximum atomic E-state index is 6.45. The van der Waals surface area contributed by atoms with Crippen molar-refractivity contribution in [2.24, 2.45) is 11.7 Å². The van der Waals surface area contributed by atoms with Crippen LogP contribution in [-0.4, -0.2) is 12.7 Å². The average Bonchev–Trinajstić information content (AvgIpc) is 2.50. The molecule has 2 N–H and O–H groups in total. The third-order valence-corrected chi connectivity index (χ3v) is 3.88. The Balaban J connectivity index is 2.01. The molecule has 0 radical (unpaired) electrons. The Morgan fingerprint density at radius 2 is 2.11 bits per heavy atom. The Morgan fingerprint density at radius 3 is 2.89 bits per heavy atom. The van der Waals surface area contributed by atoms with Crippen LogP contribution in [0.3, 0.4) is 0 Å². The first-order chi connectivity index (χ1) is 8.68. The first kappa shape index (κ1) is 13.6. The molecule has 0 aromatic heterocycles. The van der Waals surface area contributed by atoms with Gasteiger partial charge in [-0.1, -0.05) is 24.3 Å². The first-order valence-electron chi connectivity index (χ1n) is 7.13. The summed E-state index contributed by atoms with van der Waals surface area (Å²) in [6.45, 7) is 5.00. The van der Waals surface area contributed by atoms with Crippen LogP contribution in [0, 0.1) is 5.92 Å². The number of benzene rings is 1. The Hall–Kier alpha value is -0.860. The van der Waals surface area contributed by atoms with Crippen molar-refractivity contribution in [3.63, 3.8) is 0 Å². The topological polar surface area (TPSA) is 35.2 Å². The molecule has 1 aliphatic rings. The number of rotatable bonds is 4. The molecule has 2 heteroatoms. The second-order valence-corrected chi connectivity index (χ2v) is 5.59. The summed E-state index contributed by atoms with van der Waals surface area (Å²) in [4.78, 5) is 0. The highest BCUT2D eigenvalue weighted by Crippen LogP contribution is 2.33. The van der Waals surface area contributed by atoms with Crippen LogP contribution in [0.25, 0.3) is 0 Å². The Kier molecular flexibility index (Phi) is 4.79. The summed E-state index contributed by atoms with van der Waals surface area (Å²) < 4.78 is 5.67. The van der Waals surface area contributed by atoms with E-state index in [-0.39, 0.29) is 6.04 Å². The van der Waals surface area contributed by atoms with Crippen molar-refractivity contribution < 1.29 is 4.74 Å².